The third-order valence-electron chi connectivity index (χ3n) is 4.75. The minimum atomic E-state index is -5.03. The van der Waals surface area contributed by atoms with Crippen molar-refractivity contribution in [3.63, 3.8) is 0 Å². The van der Waals surface area contributed by atoms with Crippen molar-refractivity contribution in [3.8, 4) is 0 Å². The van der Waals surface area contributed by atoms with Crippen molar-refractivity contribution >= 4 is 57.5 Å². The van der Waals surface area contributed by atoms with E-state index in [9.17, 15) is 34.4 Å². The second-order valence-electron chi connectivity index (χ2n) is 6.88. The van der Waals surface area contributed by atoms with Gasteiger partial charge in [0.1, 0.15) is 20.2 Å². The molecule has 9 nitrogen and oxygen atoms in total. The molecule has 0 saturated carbocycles. The lowest BCUT2D eigenvalue weighted by Gasteiger charge is -2.16. The number of fused-ring (bicyclic) bond motifs is 2. The van der Waals surface area contributed by atoms with Crippen LogP contribution >= 0.6 is 0 Å². The van der Waals surface area contributed by atoms with Crippen LogP contribution in [0, 0.1) is 0 Å². The van der Waals surface area contributed by atoms with Crippen molar-refractivity contribution < 1.29 is 34.4 Å². The predicted molar refractivity (Wildman–Crippen MR) is 115 cm³/mol. The van der Waals surface area contributed by atoms with E-state index in [1.165, 1.54) is 12.1 Å². The predicted octanol–water partition coefficient (Wildman–Crippen LogP) is 2.60. The topological polar surface area (TPSA) is 161 Å². The fraction of sp³-hybridized carbons (Fsp3) is 0. The highest BCUT2D eigenvalue weighted by Crippen LogP contribution is 2.32. The monoisotopic (exact) mass is 491 g/mol. The van der Waals surface area contributed by atoms with Gasteiger partial charge in [0.05, 0.1) is 20.4 Å². The van der Waals surface area contributed by atoms with Crippen molar-refractivity contribution in [2.45, 2.75) is 14.7 Å². The van der Waals surface area contributed by atoms with Crippen LogP contribution in [0.5, 0.6) is 0 Å². The molecule has 1 N–H and O–H groups in total. The maximum Gasteiger partial charge on any atom is 0.261 e. The summed E-state index contributed by atoms with van der Waals surface area (Å²) >= 11 is 0. The Hall–Kier alpha value is -3.03. The number of hydrogen-bond donors (Lipinski definition) is 1. The van der Waals surface area contributed by atoms with Crippen molar-refractivity contribution in [1.29, 1.82) is 0 Å². The van der Waals surface area contributed by atoms with Crippen molar-refractivity contribution in [2.24, 2.45) is 0 Å². The van der Waals surface area contributed by atoms with Crippen LogP contribution in [0.15, 0.2) is 87.5 Å². The maximum absolute atomic E-state index is 13.0. The quantitative estimate of drug-likeness (QED) is 0.417. The molecule has 4 aromatic carbocycles. The zero-order chi connectivity index (χ0) is 23.3. The smallest absolute Gasteiger partial charge is 0.261 e. The molecule has 0 unspecified atom stereocenters. The molecule has 0 saturated heterocycles. The number of rotatable bonds is 5. The molecule has 0 bridgehead atoms. The fourth-order valence-corrected chi connectivity index (χ4v) is 5.39. The van der Waals surface area contributed by atoms with Gasteiger partial charge in [-0.15, -0.1) is 0 Å². The van der Waals surface area contributed by atoms with Gasteiger partial charge in [-0.05, 0) is 52.6 Å². The highest BCUT2D eigenvalue weighted by molar-refractivity contribution is 7.92. The fourth-order valence-electron chi connectivity index (χ4n) is 3.24. The van der Waals surface area contributed by atoms with E-state index in [2.05, 4.69) is 4.72 Å². The molecular formula is C20H13NO8S3-2. The Bertz CT molecular complexity index is 1710. The van der Waals surface area contributed by atoms with Crippen LogP contribution in [0.4, 0.5) is 5.69 Å². The summed E-state index contributed by atoms with van der Waals surface area (Å²) in [5.41, 5.74) is -0.264. The van der Waals surface area contributed by atoms with Gasteiger partial charge in [0.15, 0.2) is 0 Å². The Morgan fingerprint density at radius 1 is 0.562 bits per heavy atom. The molecule has 0 aliphatic heterocycles. The number of benzene rings is 4. The largest absolute Gasteiger partial charge is 0.744 e. The minimum Gasteiger partial charge on any atom is -0.744 e. The lowest BCUT2D eigenvalue weighted by Crippen LogP contribution is -2.14. The van der Waals surface area contributed by atoms with E-state index < -0.39 is 40.1 Å². The summed E-state index contributed by atoms with van der Waals surface area (Å²) in [4.78, 5) is -1.56. The first-order valence-electron chi connectivity index (χ1n) is 8.86. The van der Waals surface area contributed by atoms with Crippen LogP contribution in [-0.2, 0) is 30.3 Å². The average molecular weight is 492 g/mol. The van der Waals surface area contributed by atoms with Crippen LogP contribution < -0.4 is 4.72 Å². The highest BCUT2D eigenvalue weighted by atomic mass is 32.2. The van der Waals surface area contributed by atoms with E-state index in [0.717, 1.165) is 35.7 Å². The van der Waals surface area contributed by atoms with Crippen LogP contribution in [0.3, 0.4) is 0 Å². The number of nitrogens with one attached hydrogen (secondary N) is 1. The molecule has 4 rings (SSSR count). The molecule has 32 heavy (non-hydrogen) atoms. The van der Waals surface area contributed by atoms with E-state index in [1.807, 2.05) is 0 Å². The van der Waals surface area contributed by atoms with Crippen molar-refractivity contribution in [3.05, 3.63) is 72.8 Å². The van der Waals surface area contributed by atoms with Gasteiger partial charge in [0.25, 0.3) is 10.0 Å². The molecule has 0 radical (unpaired) electrons. The second kappa shape index (κ2) is 7.53. The lowest BCUT2D eigenvalue weighted by atomic mass is 10.1. The zero-order valence-corrected chi connectivity index (χ0v) is 18.4. The molecule has 12 heteroatoms. The van der Waals surface area contributed by atoms with Gasteiger partial charge in [-0.25, -0.2) is 25.3 Å². The van der Waals surface area contributed by atoms with Crippen LogP contribution in [0.2, 0.25) is 0 Å². The second-order valence-corrected chi connectivity index (χ2v) is 11.3. The van der Waals surface area contributed by atoms with Gasteiger partial charge in [-0.3, -0.25) is 4.72 Å². The van der Waals surface area contributed by atoms with Gasteiger partial charge in [0, 0.05) is 5.39 Å². The molecular weight excluding hydrogens is 478 g/mol. The lowest BCUT2D eigenvalue weighted by molar-refractivity contribution is 0.461. The highest BCUT2D eigenvalue weighted by Gasteiger charge is 2.18. The number of anilines is 1. The molecule has 166 valence electrons. The van der Waals surface area contributed by atoms with Gasteiger partial charge >= 0.3 is 0 Å². The number of sulfonamides is 1. The molecule has 0 aromatic heterocycles. The Labute approximate surface area is 183 Å². The van der Waals surface area contributed by atoms with Gasteiger partial charge < -0.3 is 9.11 Å². The molecule has 4 aromatic rings. The van der Waals surface area contributed by atoms with E-state index in [1.54, 1.807) is 30.3 Å². The van der Waals surface area contributed by atoms with E-state index >= 15 is 0 Å². The first-order chi connectivity index (χ1) is 14.8. The molecule has 0 spiro atoms. The van der Waals surface area contributed by atoms with E-state index in [0.29, 0.717) is 5.39 Å². The maximum atomic E-state index is 13.0. The summed E-state index contributed by atoms with van der Waals surface area (Å²) in [5, 5.41) is 1.44. The summed E-state index contributed by atoms with van der Waals surface area (Å²) in [7, 11) is -14.1. The summed E-state index contributed by atoms with van der Waals surface area (Å²) in [6.07, 6.45) is 0. The van der Waals surface area contributed by atoms with Crippen LogP contribution in [0.25, 0.3) is 21.5 Å². The van der Waals surface area contributed by atoms with E-state index in [4.69, 9.17) is 0 Å². The molecule has 0 aliphatic carbocycles. The third-order valence-corrected chi connectivity index (χ3v) is 7.76. The first-order valence-corrected chi connectivity index (χ1v) is 13.2. The summed E-state index contributed by atoms with van der Waals surface area (Å²) in [6, 6.07) is 16.2. The Balaban J connectivity index is 1.90. The molecule has 0 amide bonds. The van der Waals surface area contributed by atoms with Crippen molar-refractivity contribution in [1.82, 2.24) is 0 Å². The Morgan fingerprint density at radius 2 is 1.12 bits per heavy atom. The molecule has 0 aliphatic rings. The minimum absolute atomic E-state index is 0.0918. The Kier molecular flexibility index (Phi) is 5.22. The average Bonchev–Trinajstić information content (AvgIpc) is 2.71. The van der Waals surface area contributed by atoms with Gasteiger partial charge in [-0.2, -0.15) is 0 Å². The summed E-state index contributed by atoms with van der Waals surface area (Å²) in [5.74, 6) is 0. The molecule has 0 fully saturated rings. The Morgan fingerprint density at radius 3 is 1.78 bits per heavy atom. The normalized spacial score (nSPS) is 12.8. The zero-order valence-electron chi connectivity index (χ0n) is 15.9. The van der Waals surface area contributed by atoms with Gasteiger partial charge in [-0.1, -0.05) is 36.4 Å². The first kappa shape index (κ1) is 22.2. The SMILES string of the molecule is O=S(=O)([O-])c1ccc2c(NS(=O)(=O)c3ccc4ccccc4c3)cc(S(=O)(=O)[O-])cc2c1. The standard InChI is InChI=1S/C20H15NO8S3/c22-30(23,16-6-5-13-3-1-2-4-14(13)9-16)21-20-12-18(32(27,28)29)11-15-10-17(31(24,25)26)7-8-19(15)20/h1-12,21H,(H,24,25,26)(H,27,28,29)/p-2. The van der Waals surface area contributed by atoms with Crippen molar-refractivity contribution in [2.75, 3.05) is 4.72 Å². The molecule has 0 heterocycles. The van der Waals surface area contributed by atoms with Gasteiger partial charge in [0.2, 0.25) is 0 Å². The third kappa shape index (κ3) is 4.31. The van der Waals surface area contributed by atoms with Crippen LogP contribution in [-0.4, -0.2) is 34.4 Å². The molecule has 0 atom stereocenters. The van der Waals surface area contributed by atoms with Crippen LogP contribution in [0.1, 0.15) is 0 Å². The number of hydrogen-bond acceptors (Lipinski definition) is 8. The summed E-state index contributed by atoms with van der Waals surface area (Å²) < 4.78 is 96.9. The van der Waals surface area contributed by atoms with E-state index in [-0.39, 0.29) is 21.4 Å². The summed E-state index contributed by atoms with van der Waals surface area (Å²) in [6.45, 7) is 0.